The Morgan fingerprint density at radius 2 is 1.47 bits per heavy atom. The molecule has 0 saturated heterocycles. The molecule has 30 heavy (non-hydrogen) atoms. The molecule has 1 aromatic heterocycles. The standard InChI is InChI=1S/C26H26N2O2/c1-18(2)19-13-15-20(16-14-19)23(17-28(29)30)25-22-11-7-8-12-24(22)27(3)26(25)21-9-5-4-6-10-21/h4-16,18,23H,17H2,1-3H3/t23-/m1/s1. The molecule has 3 aromatic carbocycles. The third-order valence-electron chi connectivity index (χ3n) is 5.88. The highest BCUT2D eigenvalue weighted by Crippen LogP contribution is 2.40. The van der Waals surface area contributed by atoms with Crippen LogP contribution in [0.5, 0.6) is 0 Å². The van der Waals surface area contributed by atoms with Gasteiger partial charge in [-0.2, -0.15) is 0 Å². The van der Waals surface area contributed by atoms with Crippen LogP contribution in [-0.2, 0) is 7.05 Å². The number of aromatic nitrogens is 1. The maximum atomic E-state index is 11.7. The number of nitrogens with zero attached hydrogens (tertiary/aromatic N) is 2. The van der Waals surface area contributed by atoms with Gasteiger partial charge in [0.05, 0.1) is 11.6 Å². The summed E-state index contributed by atoms with van der Waals surface area (Å²) in [6.45, 7) is 4.16. The zero-order chi connectivity index (χ0) is 21.3. The Hall–Kier alpha value is -3.40. The van der Waals surface area contributed by atoms with E-state index in [1.54, 1.807) is 0 Å². The molecule has 0 aliphatic carbocycles. The van der Waals surface area contributed by atoms with Crippen LogP contribution in [0.3, 0.4) is 0 Å². The van der Waals surface area contributed by atoms with Crippen molar-refractivity contribution in [3.63, 3.8) is 0 Å². The molecule has 0 bridgehead atoms. The largest absolute Gasteiger partial charge is 0.343 e. The summed E-state index contributed by atoms with van der Waals surface area (Å²) in [5.74, 6) is 0.0907. The van der Waals surface area contributed by atoms with Gasteiger partial charge in [0.15, 0.2) is 0 Å². The minimum absolute atomic E-state index is 0.144. The molecule has 0 unspecified atom stereocenters. The van der Waals surface area contributed by atoms with Crippen LogP contribution in [0.1, 0.15) is 42.4 Å². The maximum absolute atomic E-state index is 11.7. The molecule has 0 spiro atoms. The minimum atomic E-state index is -0.331. The van der Waals surface area contributed by atoms with E-state index >= 15 is 0 Å². The molecule has 0 radical (unpaired) electrons. The molecule has 4 heteroatoms. The van der Waals surface area contributed by atoms with Crippen LogP contribution in [0.2, 0.25) is 0 Å². The normalized spacial score (nSPS) is 12.4. The van der Waals surface area contributed by atoms with Crippen molar-refractivity contribution in [1.82, 2.24) is 4.57 Å². The third-order valence-corrected chi connectivity index (χ3v) is 5.88. The lowest BCUT2D eigenvalue weighted by atomic mass is 9.86. The average molecular weight is 399 g/mol. The van der Waals surface area contributed by atoms with Gasteiger partial charge in [-0.25, -0.2) is 0 Å². The smallest absolute Gasteiger partial charge is 0.214 e. The number of hydrogen-bond donors (Lipinski definition) is 0. The number of benzene rings is 3. The van der Waals surface area contributed by atoms with E-state index in [2.05, 4.69) is 66.9 Å². The summed E-state index contributed by atoms with van der Waals surface area (Å²) in [5.41, 5.74) is 6.42. The van der Waals surface area contributed by atoms with Crippen molar-refractivity contribution in [3.05, 3.63) is 106 Å². The molecule has 0 saturated carbocycles. The molecule has 4 rings (SSSR count). The topological polar surface area (TPSA) is 48.1 Å². The third kappa shape index (κ3) is 3.61. The predicted octanol–water partition coefficient (Wildman–Crippen LogP) is 6.38. The lowest BCUT2D eigenvalue weighted by Gasteiger charge is -2.18. The molecule has 4 nitrogen and oxygen atoms in total. The summed E-state index contributed by atoms with van der Waals surface area (Å²) in [6, 6.07) is 26.6. The van der Waals surface area contributed by atoms with E-state index in [4.69, 9.17) is 0 Å². The number of rotatable bonds is 6. The van der Waals surface area contributed by atoms with E-state index in [-0.39, 0.29) is 17.4 Å². The van der Waals surface area contributed by atoms with E-state index in [1.807, 2.05) is 37.4 Å². The molecule has 0 aliphatic rings. The number of hydrogen-bond acceptors (Lipinski definition) is 2. The monoisotopic (exact) mass is 398 g/mol. The van der Waals surface area contributed by atoms with Crippen molar-refractivity contribution in [3.8, 4) is 11.3 Å². The van der Waals surface area contributed by atoms with Crippen molar-refractivity contribution in [2.24, 2.45) is 7.05 Å². The Balaban J connectivity index is 1.99. The van der Waals surface area contributed by atoms with E-state index in [0.29, 0.717) is 5.92 Å². The Morgan fingerprint density at radius 3 is 2.10 bits per heavy atom. The molecule has 0 aliphatic heterocycles. The van der Waals surface area contributed by atoms with Crippen molar-refractivity contribution in [2.45, 2.75) is 25.7 Å². The zero-order valence-electron chi connectivity index (χ0n) is 17.6. The molecule has 152 valence electrons. The van der Waals surface area contributed by atoms with Crippen molar-refractivity contribution < 1.29 is 4.92 Å². The fourth-order valence-corrected chi connectivity index (χ4v) is 4.35. The molecule has 1 heterocycles. The van der Waals surface area contributed by atoms with Gasteiger partial charge in [-0.15, -0.1) is 0 Å². The van der Waals surface area contributed by atoms with Crippen LogP contribution in [0.15, 0.2) is 78.9 Å². The second-order valence-electron chi connectivity index (χ2n) is 8.09. The summed E-state index contributed by atoms with van der Waals surface area (Å²) in [7, 11) is 2.04. The fraction of sp³-hybridized carbons (Fsp3) is 0.231. The summed E-state index contributed by atoms with van der Waals surface area (Å²) >= 11 is 0. The first-order valence-corrected chi connectivity index (χ1v) is 10.3. The minimum Gasteiger partial charge on any atom is -0.343 e. The van der Waals surface area contributed by atoms with Crippen LogP contribution in [0.25, 0.3) is 22.2 Å². The van der Waals surface area contributed by atoms with Gasteiger partial charge in [0.1, 0.15) is 0 Å². The van der Waals surface area contributed by atoms with Gasteiger partial charge in [-0.1, -0.05) is 86.6 Å². The van der Waals surface area contributed by atoms with Gasteiger partial charge >= 0.3 is 0 Å². The van der Waals surface area contributed by atoms with E-state index in [9.17, 15) is 10.1 Å². The SMILES string of the molecule is CC(C)c1ccc([C@@H](C[N+](=O)[O-])c2c(-c3ccccc3)n(C)c3ccccc23)cc1. The van der Waals surface area contributed by atoms with Crippen molar-refractivity contribution in [2.75, 3.05) is 6.54 Å². The summed E-state index contributed by atoms with van der Waals surface area (Å²) in [6.07, 6.45) is 0. The van der Waals surface area contributed by atoms with E-state index < -0.39 is 0 Å². The van der Waals surface area contributed by atoms with Crippen LogP contribution in [0.4, 0.5) is 0 Å². The first-order valence-electron chi connectivity index (χ1n) is 10.3. The number of para-hydroxylation sites is 1. The van der Waals surface area contributed by atoms with Crippen molar-refractivity contribution >= 4 is 10.9 Å². The quantitative estimate of drug-likeness (QED) is 0.279. The number of nitro groups is 1. The summed E-state index contributed by atoms with van der Waals surface area (Å²) in [5, 5.41) is 12.8. The van der Waals surface area contributed by atoms with Crippen LogP contribution < -0.4 is 0 Å². The molecule has 4 aromatic rings. The Bertz CT molecular complexity index is 1180. The Labute approximate surface area is 176 Å². The van der Waals surface area contributed by atoms with E-state index in [1.165, 1.54) is 5.56 Å². The fourth-order valence-electron chi connectivity index (χ4n) is 4.35. The second kappa shape index (κ2) is 8.15. The lowest BCUT2D eigenvalue weighted by molar-refractivity contribution is -0.481. The molecular formula is C26H26N2O2. The zero-order valence-corrected chi connectivity index (χ0v) is 17.6. The average Bonchev–Trinajstić information content (AvgIpc) is 3.05. The summed E-state index contributed by atoms with van der Waals surface area (Å²) in [4.78, 5) is 11.5. The first kappa shape index (κ1) is 19.9. The van der Waals surface area contributed by atoms with E-state index in [0.717, 1.165) is 33.3 Å². The first-order chi connectivity index (χ1) is 14.5. The molecule has 1 atom stereocenters. The van der Waals surface area contributed by atoms with Gasteiger partial charge in [0, 0.05) is 22.9 Å². The van der Waals surface area contributed by atoms with Crippen LogP contribution in [-0.4, -0.2) is 16.0 Å². The van der Waals surface area contributed by atoms with Crippen molar-refractivity contribution in [1.29, 1.82) is 0 Å². The summed E-state index contributed by atoms with van der Waals surface area (Å²) < 4.78 is 2.16. The predicted molar refractivity (Wildman–Crippen MR) is 123 cm³/mol. The Morgan fingerprint density at radius 1 is 0.867 bits per heavy atom. The number of fused-ring (bicyclic) bond motifs is 1. The van der Waals surface area contributed by atoms with Gasteiger partial charge in [0.25, 0.3) is 0 Å². The van der Waals surface area contributed by atoms with Gasteiger partial charge in [-0.05, 0) is 34.2 Å². The highest BCUT2D eigenvalue weighted by atomic mass is 16.6. The lowest BCUT2D eigenvalue weighted by Crippen LogP contribution is -2.15. The maximum Gasteiger partial charge on any atom is 0.214 e. The molecule has 0 amide bonds. The second-order valence-corrected chi connectivity index (χ2v) is 8.09. The highest BCUT2D eigenvalue weighted by molar-refractivity contribution is 5.93. The van der Waals surface area contributed by atoms with Gasteiger partial charge < -0.3 is 4.57 Å². The molecular weight excluding hydrogens is 372 g/mol. The molecule has 0 fully saturated rings. The highest BCUT2D eigenvalue weighted by Gasteiger charge is 2.28. The van der Waals surface area contributed by atoms with Gasteiger partial charge in [-0.3, -0.25) is 10.1 Å². The van der Waals surface area contributed by atoms with Crippen LogP contribution >= 0.6 is 0 Å². The molecule has 0 N–H and O–H groups in total. The number of aryl methyl sites for hydroxylation is 1. The van der Waals surface area contributed by atoms with Gasteiger partial charge in [0.2, 0.25) is 6.54 Å². The Kier molecular flexibility index (Phi) is 5.40. The van der Waals surface area contributed by atoms with Crippen LogP contribution in [0, 0.1) is 10.1 Å².